The third kappa shape index (κ3) is 3.16. The third-order valence-corrected chi connectivity index (χ3v) is 4.87. The minimum Gasteiger partial charge on any atom is -0.386 e. The van der Waals surface area contributed by atoms with Crippen LogP contribution in [-0.4, -0.2) is 51.3 Å². The fraction of sp³-hybridized carbons (Fsp3) is 0.389. The molecule has 1 atom stereocenters. The maximum Gasteiger partial charge on any atom is 0.273 e. The van der Waals surface area contributed by atoms with Gasteiger partial charge >= 0.3 is 0 Å². The van der Waals surface area contributed by atoms with E-state index in [1.54, 1.807) is 43.3 Å². The van der Waals surface area contributed by atoms with Gasteiger partial charge in [0, 0.05) is 25.6 Å². The Kier molecular flexibility index (Phi) is 4.14. The molecule has 0 radical (unpaired) electrons. The summed E-state index contributed by atoms with van der Waals surface area (Å²) in [6, 6.07) is 3.48. The maximum atomic E-state index is 12.8. The molecule has 0 aliphatic carbocycles. The smallest absolute Gasteiger partial charge is 0.273 e. The molecule has 9 heteroatoms. The SMILES string of the molecule is Cc1noc(C)c1C(=O)N1CCC2(CC(C(=O)Nc3cccnc3)=NO2)C1. The number of nitrogens with one attached hydrogen (secondary N) is 1. The number of carbonyl (C=O) groups is 2. The zero-order chi connectivity index (χ0) is 19.0. The Morgan fingerprint density at radius 3 is 2.89 bits per heavy atom. The summed E-state index contributed by atoms with van der Waals surface area (Å²) in [6.07, 6.45) is 4.15. The van der Waals surface area contributed by atoms with Crippen molar-refractivity contribution in [1.29, 1.82) is 0 Å². The van der Waals surface area contributed by atoms with Gasteiger partial charge in [0.15, 0.2) is 5.60 Å². The number of aryl methyl sites for hydroxylation is 2. The third-order valence-electron chi connectivity index (χ3n) is 4.87. The van der Waals surface area contributed by atoms with Crippen molar-refractivity contribution in [2.75, 3.05) is 18.4 Å². The standard InChI is InChI=1S/C18H19N5O4/c1-11-15(12(2)26-21-11)17(25)23-7-5-18(10-23)8-14(22-27-18)16(24)20-13-4-3-6-19-9-13/h3-4,6,9H,5,7-8,10H2,1-2H3,(H,20,24). The number of amides is 2. The average Bonchev–Trinajstić information content (AvgIpc) is 3.36. The van der Waals surface area contributed by atoms with E-state index in [4.69, 9.17) is 9.36 Å². The number of anilines is 1. The van der Waals surface area contributed by atoms with Crippen molar-refractivity contribution in [2.24, 2.45) is 5.16 Å². The number of hydrogen-bond donors (Lipinski definition) is 1. The highest BCUT2D eigenvalue weighted by molar-refractivity contribution is 6.43. The van der Waals surface area contributed by atoms with E-state index in [1.807, 2.05) is 0 Å². The Bertz CT molecular complexity index is 904. The molecular formula is C18H19N5O4. The van der Waals surface area contributed by atoms with Gasteiger partial charge in [-0.05, 0) is 26.0 Å². The number of likely N-dealkylation sites (tertiary alicyclic amines) is 1. The van der Waals surface area contributed by atoms with E-state index in [0.717, 1.165) is 0 Å². The van der Waals surface area contributed by atoms with Gasteiger partial charge in [-0.1, -0.05) is 10.3 Å². The Hall–Kier alpha value is -3.23. The van der Waals surface area contributed by atoms with Crippen molar-refractivity contribution < 1.29 is 18.9 Å². The van der Waals surface area contributed by atoms with Crippen molar-refractivity contribution in [3.8, 4) is 0 Å². The van der Waals surface area contributed by atoms with E-state index in [2.05, 4.69) is 20.6 Å². The van der Waals surface area contributed by atoms with Crippen LogP contribution in [0.5, 0.6) is 0 Å². The summed E-state index contributed by atoms with van der Waals surface area (Å²) in [7, 11) is 0. The van der Waals surface area contributed by atoms with Crippen LogP contribution in [0.15, 0.2) is 34.2 Å². The lowest BCUT2D eigenvalue weighted by Gasteiger charge is -2.21. The lowest BCUT2D eigenvalue weighted by atomic mass is 9.96. The van der Waals surface area contributed by atoms with Crippen LogP contribution >= 0.6 is 0 Å². The highest BCUT2D eigenvalue weighted by Crippen LogP contribution is 2.35. The average molecular weight is 369 g/mol. The summed E-state index contributed by atoms with van der Waals surface area (Å²) in [5.41, 5.74) is 1.30. The molecule has 2 aromatic heterocycles. The molecule has 1 fully saturated rings. The van der Waals surface area contributed by atoms with E-state index in [1.165, 1.54) is 0 Å². The van der Waals surface area contributed by atoms with E-state index in [9.17, 15) is 9.59 Å². The van der Waals surface area contributed by atoms with Gasteiger partial charge in [-0.2, -0.15) is 0 Å². The first-order valence-electron chi connectivity index (χ1n) is 8.66. The topological polar surface area (TPSA) is 110 Å². The molecule has 1 N–H and O–H groups in total. The molecule has 4 rings (SSSR count). The predicted molar refractivity (Wildman–Crippen MR) is 95.2 cm³/mol. The molecule has 2 aromatic rings. The number of oxime groups is 1. The number of pyridine rings is 1. The van der Waals surface area contributed by atoms with Gasteiger partial charge in [0.2, 0.25) is 0 Å². The number of rotatable bonds is 3. The largest absolute Gasteiger partial charge is 0.386 e. The summed E-state index contributed by atoms with van der Waals surface area (Å²) in [5.74, 6) is 0.0361. The second kappa shape index (κ2) is 6.49. The molecule has 4 heterocycles. The van der Waals surface area contributed by atoms with Crippen LogP contribution in [0.25, 0.3) is 0 Å². The van der Waals surface area contributed by atoms with Gasteiger partial charge in [-0.15, -0.1) is 0 Å². The summed E-state index contributed by atoms with van der Waals surface area (Å²) in [5, 5.41) is 10.6. The number of carbonyl (C=O) groups excluding carboxylic acids is 2. The minimum atomic E-state index is -0.657. The van der Waals surface area contributed by atoms with Crippen LogP contribution in [-0.2, 0) is 9.63 Å². The van der Waals surface area contributed by atoms with Gasteiger partial charge in [0.05, 0.1) is 24.1 Å². The van der Waals surface area contributed by atoms with Crippen molar-refractivity contribution in [3.63, 3.8) is 0 Å². The molecule has 0 saturated carbocycles. The Balaban J connectivity index is 1.41. The van der Waals surface area contributed by atoms with Gasteiger partial charge < -0.3 is 19.6 Å². The monoisotopic (exact) mass is 369 g/mol. The lowest BCUT2D eigenvalue weighted by Crippen LogP contribution is -2.37. The fourth-order valence-electron chi connectivity index (χ4n) is 3.47. The molecular weight excluding hydrogens is 350 g/mol. The highest BCUT2D eigenvalue weighted by atomic mass is 16.7. The van der Waals surface area contributed by atoms with Crippen molar-refractivity contribution in [3.05, 3.63) is 41.5 Å². The van der Waals surface area contributed by atoms with Crippen molar-refractivity contribution >= 4 is 23.2 Å². The molecule has 2 aliphatic rings. The van der Waals surface area contributed by atoms with Gasteiger partial charge in [0.1, 0.15) is 17.0 Å². The summed E-state index contributed by atoms with van der Waals surface area (Å²) >= 11 is 0. The highest BCUT2D eigenvalue weighted by Gasteiger charge is 2.48. The van der Waals surface area contributed by atoms with E-state index in [0.29, 0.717) is 54.3 Å². The molecule has 0 bridgehead atoms. The Morgan fingerprint density at radius 1 is 1.33 bits per heavy atom. The molecule has 1 spiro atoms. The zero-order valence-corrected chi connectivity index (χ0v) is 15.1. The molecule has 2 aliphatic heterocycles. The number of nitrogens with zero attached hydrogens (tertiary/aromatic N) is 4. The van der Waals surface area contributed by atoms with Crippen LogP contribution in [0.4, 0.5) is 5.69 Å². The minimum absolute atomic E-state index is 0.139. The summed E-state index contributed by atoms with van der Waals surface area (Å²) in [6.45, 7) is 4.35. The number of aromatic nitrogens is 2. The second-order valence-corrected chi connectivity index (χ2v) is 6.86. The van der Waals surface area contributed by atoms with Gasteiger partial charge in [-0.25, -0.2) is 0 Å². The van der Waals surface area contributed by atoms with E-state index >= 15 is 0 Å². The molecule has 0 aromatic carbocycles. The first-order valence-corrected chi connectivity index (χ1v) is 8.66. The van der Waals surface area contributed by atoms with Crippen molar-refractivity contribution in [1.82, 2.24) is 15.0 Å². The summed E-state index contributed by atoms with van der Waals surface area (Å²) < 4.78 is 5.09. The predicted octanol–water partition coefficient (Wildman–Crippen LogP) is 1.69. The van der Waals surface area contributed by atoms with E-state index in [-0.39, 0.29) is 11.8 Å². The first kappa shape index (κ1) is 17.2. The number of hydrogen-bond acceptors (Lipinski definition) is 7. The molecule has 1 unspecified atom stereocenters. The summed E-state index contributed by atoms with van der Waals surface area (Å²) in [4.78, 5) is 36.5. The molecule has 27 heavy (non-hydrogen) atoms. The van der Waals surface area contributed by atoms with Crippen LogP contribution in [0.3, 0.4) is 0 Å². The van der Waals surface area contributed by atoms with E-state index < -0.39 is 5.60 Å². The normalized spacial score (nSPS) is 21.3. The molecule has 1 saturated heterocycles. The fourth-order valence-corrected chi connectivity index (χ4v) is 3.47. The van der Waals surface area contributed by atoms with Crippen LogP contribution in [0.1, 0.15) is 34.7 Å². The van der Waals surface area contributed by atoms with Crippen molar-refractivity contribution in [2.45, 2.75) is 32.3 Å². The molecule has 2 amide bonds. The van der Waals surface area contributed by atoms with Gasteiger partial charge in [-0.3, -0.25) is 14.6 Å². The Morgan fingerprint density at radius 2 is 2.19 bits per heavy atom. The molecule has 9 nitrogen and oxygen atoms in total. The second-order valence-electron chi connectivity index (χ2n) is 6.86. The van der Waals surface area contributed by atoms with Crippen LogP contribution in [0.2, 0.25) is 0 Å². The lowest BCUT2D eigenvalue weighted by molar-refractivity contribution is -0.110. The maximum absolute atomic E-state index is 12.8. The quantitative estimate of drug-likeness (QED) is 0.881. The van der Waals surface area contributed by atoms with Gasteiger partial charge in [0.25, 0.3) is 11.8 Å². The van der Waals surface area contributed by atoms with Crippen LogP contribution in [0, 0.1) is 13.8 Å². The zero-order valence-electron chi connectivity index (χ0n) is 15.1. The Labute approximate surface area is 155 Å². The van der Waals surface area contributed by atoms with Crippen LogP contribution < -0.4 is 5.32 Å². The molecule has 140 valence electrons. The first-order chi connectivity index (χ1) is 13.0.